The summed E-state index contributed by atoms with van der Waals surface area (Å²) in [5, 5.41) is 3.00. The molecule has 1 aliphatic carbocycles. The molecule has 1 heterocycles. The molecule has 1 aliphatic rings. The summed E-state index contributed by atoms with van der Waals surface area (Å²) in [5.74, 6) is -0.00150. The monoisotopic (exact) mass is 268 g/mol. The molecule has 96 valence electrons. The fourth-order valence-electron chi connectivity index (χ4n) is 1.52. The van der Waals surface area contributed by atoms with Crippen LogP contribution in [0.2, 0.25) is 5.02 Å². The molecule has 1 fully saturated rings. The van der Waals surface area contributed by atoms with Gasteiger partial charge in [0.25, 0.3) is 5.91 Å². The molecule has 18 heavy (non-hydrogen) atoms. The number of anilines is 1. The van der Waals surface area contributed by atoms with Crippen molar-refractivity contribution in [3.8, 4) is 0 Å². The molecule has 2 atom stereocenters. The van der Waals surface area contributed by atoms with Gasteiger partial charge in [0.15, 0.2) is 6.61 Å². The van der Waals surface area contributed by atoms with E-state index < -0.39 is 5.91 Å². The first-order chi connectivity index (χ1) is 8.56. The van der Waals surface area contributed by atoms with Crippen molar-refractivity contribution in [1.82, 2.24) is 4.98 Å². The average Bonchev–Trinajstić information content (AvgIpc) is 3.06. The molecular formula is C12H13ClN2O3. The van der Waals surface area contributed by atoms with Gasteiger partial charge in [0, 0.05) is 6.20 Å². The maximum absolute atomic E-state index is 11.5. The van der Waals surface area contributed by atoms with Gasteiger partial charge in [0.1, 0.15) is 5.82 Å². The standard InChI is InChI=1S/C12H13ClN2O3/c1-7-4-9(7)12(17)18-6-11(16)15-10-3-2-8(13)5-14-10/h2-3,5,7,9H,4,6H2,1H3,(H,14,15,16)/t7-,9+/m1/s1. The van der Waals surface area contributed by atoms with E-state index in [2.05, 4.69) is 10.3 Å². The quantitative estimate of drug-likeness (QED) is 0.847. The second-order valence-electron chi connectivity index (χ2n) is 4.34. The first-order valence-electron chi connectivity index (χ1n) is 5.64. The van der Waals surface area contributed by atoms with Crippen LogP contribution in [0.3, 0.4) is 0 Å². The molecule has 2 rings (SSSR count). The first kappa shape index (κ1) is 12.8. The largest absolute Gasteiger partial charge is 0.455 e. The predicted octanol–water partition coefficient (Wildman–Crippen LogP) is 1.87. The van der Waals surface area contributed by atoms with Crippen LogP contribution in [0.5, 0.6) is 0 Å². The van der Waals surface area contributed by atoms with Crippen molar-refractivity contribution in [2.45, 2.75) is 13.3 Å². The smallest absolute Gasteiger partial charge is 0.309 e. The Bertz CT molecular complexity index is 461. The molecule has 1 aromatic rings. The Morgan fingerprint density at radius 1 is 1.56 bits per heavy atom. The van der Waals surface area contributed by atoms with E-state index in [0.29, 0.717) is 16.8 Å². The highest BCUT2D eigenvalue weighted by Gasteiger charge is 2.40. The Hall–Kier alpha value is -1.62. The van der Waals surface area contributed by atoms with Gasteiger partial charge in [-0.15, -0.1) is 0 Å². The number of carbonyl (C=O) groups is 2. The highest BCUT2D eigenvalue weighted by atomic mass is 35.5. The topological polar surface area (TPSA) is 68.3 Å². The van der Waals surface area contributed by atoms with E-state index in [4.69, 9.17) is 16.3 Å². The van der Waals surface area contributed by atoms with Crippen LogP contribution in [-0.4, -0.2) is 23.5 Å². The fraction of sp³-hybridized carbons (Fsp3) is 0.417. The van der Waals surface area contributed by atoms with Crippen molar-refractivity contribution in [3.63, 3.8) is 0 Å². The molecule has 0 aromatic carbocycles. The number of nitrogens with one attached hydrogen (secondary N) is 1. The number of hydrogen-bond donors (Lipinski definition) is 1. The van der Waals surface area contributed by atoms with Crippen molar-refractivity contribution in [1.29, 1.82) is 0 Å². The Morgan fingerprint density at radius 2 is 2.28 bits per heavy atom. The number of rotatable bonds is 4. The molecular weight excluding hydrogens is 256 g/mol. The maximum Gasteiger partial charge on any atom is 0.309 e. The molecule has 0 saturated heterocycles. The van der Waals surface area contributed by atoms with Gasteiger partial charge in [-0.25, -0.2) is 4.98 Å². The molecule has 0 aliphatic heterocycles. The number of hydrogen-bond acceptors (Lipinski definition) is 4. The van der Waals surface area contributed by atoms with Crippen LogP contribution >= 0.6 is 11.6 Å². The van der Waals surface area contributed by atoms with Gasteiger partial charge in [-0.1, -0.05) is 18.5 Å². The second-order valence-corrected chi connectivity index (χ2v) is 4.77. The molecule has 5 nitrogen and oxygen atoms in total. The zero-order chi connectivity index (χ0) is 13.1. The number of pyridine rings is 1. The zero-order valence-corrected chi connectivity index (χ0v) is 10.6. The molecule has 1 amide bonds. The van der Waals surface area contributed by atoms with Crippen LogP contribution in [0.4, 0.5) is 5.82 Å². The summed E-state index contributed by atoms with van der Waals surface area (Å²) in [7, 11) is 0. The van der Waals surface area contributed by atoms with Crippen molar-refractivity contribution in [2.75, 3.05) is 11.9 Å². The van der Waals surface area contributed by atoms with Gasteiger partial charge in [-0.3, -0.25) is 9.59 Å². The number of amides is 1. The molecule has 6 heteroatoms. The van der Waals surface area contributed by atoms with E-state index in [9.17, 15) is 9.59 Å². The van der Waals surface area contributed by atoms with E-state index in [-0.39, 0.29) is 18.5 Å². The summed E-state index contributed by atoms with van der Waals surface area (Å²) in [4.78, 5) is 26.7. The molecule has 0 unspecified atom stereocenters. The Balaban J connectivity index is 1.75. The van der Waals surface area contributed by atoms with Crippen LogP contribution in [0.15, 0.2) is 18.3 Å². The third-order valence-corrected chi connectivity index (χ3v) is 2.98. The summed E-state index contributed by atoms with van der Waals surface area (Å²) >= 11 is 5.66. The van der Waals surface area contributed by atoms with Crippen LogP contribution in [-0.2, 0) is 14.3 Å². The van der Waals surface area contributed by atoms with Crippen LogP contribution in [0.1, 0.15) is 13.3 Å². The zero-order valence-electron chi connectivity index (χ0n) is 9.85. The summed E-state index contributed by atoms with van der Waals surface area (Å²) < 4.78 is 4.89. The molecule has 1 N–H and O–H groups in total. The van der Waals surface area contributed by atoms with Gasteiger partial charge in [0.2, 0.25) is 0 Å². The van der Waals surface area contributed by atoms with Crippen LogP contribution in [0.25, 0.3) is 0 Å². The van der Waals surface area contributed by atoms with Crippen LogP contribution < -0.4 is 5.32 Å². The number of esters is 1. The predicted molar refractivity (Wildman–Crippen MR) is 66.1 cm³/mol. The first-order valence-corrected chi connectivity index (χ1v) is 6.02. The molecule has 0 radical (unpaired) electrons. The van der Waals surface area contributed by atoms with Crippen molar-refractivity contribution >= 4 is 29.3 Å². The SMILES string of the molecule is C[C@@H]1C[C@@H]1C(=O)OCC(=O)Nc1ccc(Cl)cn1. The van der Waals surface area contributed by atoms with E-state index in [1.54, 1.807) is 12.1 Å². The van der Waals surface area contributed by atoms with Gasteiger partial charge in [-0.05, 0) is 24.5 Å². The highest BCUT2D eigenvalue weighted by molar-refractivity contribution is 6.30. The van der Waals surface area contributed by atoms with Crippen molar-refractivity contribution in [2.24, 2.45) is 11.8 Å². The normalized spacial score (nSPS) is 21.2. The van der Waals surface area contributed by atoms with Crippen molar-refractivity contribution < 1.29 is 14.3 Å². The molecule has 1 aromatic heterocycles. The second kappa shape index (κ2) is 5.35. The molecule has 0 bridgehead atoms. The lowest BCUT2D eigenvalue weighted by Crippen LogP contribution is -2.22. The number of aromatic nitrogens is 1. The number of halogens is 1. The lowest BCUT2D eigenvalue weighted by Gasteiger charge is -2.05. The van der Waals surface area contributed by atoms with Crippen LogP contribution in [0, 0.1) is 11.8 Å². The van der Waals surface area contributed by atoms with E-state index in [1.165, 1.54) is 6.20 Å². The Labute approximate surface area is 109 Å². The fourth-order valence-corrected chi connectivity index (χ4v) is 1.63. The third kappa shape index (κ3) is 3.43. The van der Waals surface area contributed by atoms with Gasteiger partial charge < -0.3 is 10.1 Å². The summed E-state index contributed by atoms with van der Waals surface area (Å²) in [6, 6.07) is 3.19. The number of ether oxygens (including phenoxy) is 1. The summed E-state index contributed by atoms with van der Waals surface area (Å²) in [6.07, 6.45) is 2.27. The summed E-state index contributed by atoms with van der Waals surface area (Å²) in [5.41, 5.74) is 0. The number of carbonyl (C=O) groups excluding carboxylic acids is 2. The Morgan fingerprint density at radius 3 is 2.83 bits per heavy atom. The minimum Gasteiger partial charge on any atom is -0.455 e. The lowest BCUT2D eigenvalue weighted by atomic mass is 10.3. The van der Waals surface area contributed by atoms with Gasteiger partial charge in [-0.2, -0.15) is 0 Å². The maximum atomic E-state index is 11.5. The number of nitrogens with zero attached hydrogens (tertiary/aromatic N) is 1. The minimum absolute atomic E-state index is 0.0357. The van der Waals surface area contributed by atoms with E-state index >= 15 is 0 Å². The van der Waals surface area contributed by atoms with E-state index in [1.807, 2.05) is 6.92 Å². The third-order valence-electron chi connectivity index (χ3n) is 2.75. The van der Waals surface area contributed by atoms with Gasteiger partial charge >= 0.3 is 5.97 Å². The summed E-state index contributed by atoms with van der Waals surface area (Å²) in [6.45, 7) is 1.69. The molecule has 0 spiro atoms. The Kier molecular flexibility index (Phi) is 3.81. The lowest BCUT2D eigenvalue weighted by molar-refractivity contribution is -0.148. The van der Waals surface area contributed by atoms with Crippen molar-refractivity contribution in [3.05, 3.63) is 23.4 Å². The highest BCUT2D eigenvalue weighted by Crippen LogP contribution is 2.38. The van der Waals surface area contributed by atoms with Gasteiger partial charge in [0.05, 0.1) is 10.9 Å². The molecule has 1 saturated carbocycles. The minimum atomic E-state index is -0.411. The average molecular weight is 269 g/mol. The van der Waals surface area contributed by atoms with E-state index in [0.717, 1.165) is 6.42 Å².